The molecule has 0 saturated carbocycles. The van der Waals surface area contributed by atoms with Gasteiger partial charge >= 0.3 is 0 Å². The van der Waals surface area contributed by atoms with Crippen molar-refractivity contribution in [3.05, 3.63) is 58.2 Å². The van der Waals surface area contributed by atoms with E-state index in [0.717, 1.165) is 15.7 Å². The number of alkyl halides is 1. The van der Waals surface area contributed by atoms with Crippen molar-refractivity contribution in [1.29, 1.82) is 0 Å². The Bertz CT molecular complexity index is 487. The van der Waals surface area contributed by atoms with Crippen molar-refractivity contribution in [2.24, 2.45) is 0 Å². The van der Waals surface area contributed by atoms with Crippen molar-refractivity contribution in [1.82, 2.24) is 4.98 Å². The molecule has 0 saturated heterocycles. The van der Waals surface area contributed by atoms with Crippen molar-refractivity contribution in [3.8, 4) is 5.88 Å². The molecule has 0 amide bonds. The monoisotopic (exact) mass is 311 g/mol. The lowest BCUT2D eigenvalue weighted by Gasteiger charge is -2.06. The number of rotatable bonds is 4. The van der Waals surface area contributed by atoms with Gasteiger partial charge in [0.1, 0.15) is 6.61 Å². The van der Waals surface area contributed by atoms with Crippen LogP contribution in [0.25, 0.3) is 0 Å². The highest BCUT2D eigenvalue weighted by atomic mass is 79.9. The molecule has 0 spiro atoms. The average molecular weight is 313 g/mol. The van der Waals surface area contributed by atoms with E-state index in [1.807, 2.05) is 42.5 Å². The largest absolute Gasteiger partial charge is 0.473 e. The topological polar surface area (TPSA) is 22.1 Å². The van der Waals surface area contributed by atoms with Gasteiger partial charge in [-0.3, -0.25) is 0 Å². The Hall–Kier alpha value is -1.06. The third-order valence-electron chi connectivity index (χ3n) is 2.22. The van der Waals surface area contributed by atoms with E-state index in [0.29, 0.717) is 18.4 Å². The van der Waals surface area contributed by atoms with Crippen LogP contribution < -0.4 is 4.74 Å². The smallest absolute Gasteiger partial charge is 0.213 e. The van der Waals surface area contributed by atoms with Crippen LogP contribution in [0.3, 0.4) is 0 Å². The summed E-state index contributed by atoms with van der Waals surface area (Å²) >= 11 is 9.10. The van der Waals surface area contributed by atoms with E-state index in [1.165, 1.54) is 0 Å². The minimum absolute atomic E-state index is 0.398. The van der Waals surface area contributed by atoms with E-state index in [9.17, 15) is 0 Å². The van der Waals surface area contributed by atoms with Crippen LogP contribution >= 0.6 is 27.5 Å². The predicted octanol–water partition coefficient (Wildman–Crippen LogP) is 4.16. The van der Waals surface area contributed by atoms with Crippen LogP contribution in [-0.2, 0) is 12.5 Å². The van der Waals surface area contributed by atoms with Gasteiger partial charge in [-0.05, 0) is 23.8 Å². The second kappa shape index (κ2) is 6.03. The van der Waals surface area contributed by atoms with Crippen molar-refractivity contribution >= 4 is 27.5 Å². The minimum Gasteiger partial charge on any atom is -0.473 e. The number of aromatic nitrogens is 1. The molecular formula is C13H11BrClNO. The van der Waals surface area contributed by atoms with Crippen LogP contribution in [0.5, 0.6) is 5.88 Å². The molecule has 2 nitrogen and oxygen atoms in total. The normalized spacial score (nSPS) is 10.2. The molecule has 1 aromatic heterocycles. The summed E-state index contributed by atoms with van der Waals surface area (Å²) < 4.78 is 6.65. The molecule has 0 aliphatic carbocycles. The first kappa shape index (κ1) is 12.4. The molecule has 0 bridgehead atoms. The summed E-state index contributed by atoms with van der Waals surface area (Å²) in [5.41, 5.74) is 1.92. The molecule has 0 unspecified atom stereocenters. The number of hydrogen-bond acceptors (Lipinski definition) is 2. The van der Waals surface area contributed by atoms with Gasteiger partial charge in [-0.2, -0.15) is 0 Å². The first-order valence-corrected chi connectivity index (χ1v) is 6.50. The second-order valence-corrected chi connectivity index (χ2v) is 4.70. The summed E-state index contributed by atoms with van der Waals surface area (Å²) in [6, 6.07) is 13.6. The fourth-order valence-corrected chi connectivity index (χ4v) is 1.76. The molecule has 88 valence electrons. The molecule has 1 heterocycles. The molecule has 0 aliphatic rings. The number of nitrogens with zero attached hydrogens (tertiary/aromatic N) is 1. The SMILES string of the molecule is ClCc1cccc(OCc2ccc(Br)cc2)n1. The second-order valence-electron chi connectivity index (χ2n) is 3.52. The molecule has 0 aliphatic heterocycles. The summed E-state index contributed by atoms with van der Waals surface area (Å²) in [7, 11) is 0. The summed E-state index contributed by atoms with van der Waals surface area (Å²) in [5.74, 6) is 1.00. The molecule has 0 radical (unpaired) electrons. The van der Waals surface area contributed by atoms with Gasteiger partial charge in [-0.15, -0.1) is 11.6 Å². The Morgan fingerprint density at radius 2 is 1.88 bits per heavy atom. The third kappa shape index (κ3) is 3.72. The van der Waals surface area contributed by atoms with Gasteiger partial charge in [0.15, 0.2) is 0 Å². The number of benzene rings is 1. The average Bonchev–Trinajstić information content (AvgIpc) is 2.38. The van der Waals surface area contributed by atoms with Gasteiger partial charge in [0, 0.05) is 10.5 Å². The minimum atomic E-state index is 0.398. The lowest BCUT2D eigenvalue weighted by molar-refractivity contribution is 0.293. The van der Waals surface area contributed by atoms with Crippen LogP contribution in [0.1, 0.15) is 11.3 Å². The van der Waals surface area contributed by atoms with E-state index in [1.54, 1.807) is 0 Å². The van der Waals surface area contributed by atoms with E-state index in [-0.39, 0.29) is 0 Å². The lowest BCUT2D eigenvalue weighted by atomic mass is 10.2. The lowest BCUT2D eigenvalue weighted by Crippen LogP contribution is -1.98. The van der Waals surface area contributed by atoms with Gasteiger partial charge in [-0.1, -0.05) is 34.1 Å². The quantitative estimate of drug-likeness (QED) is 0.791. The van der Waals surface area contributed by atoms with Crippen molar-refractivity contribution in [3.63, 3.8) is 0 Å². The zero-order valence-electron chi connectivity index (χ0n) is 9.07. The maximum absolute atomic E-state index is 5.71. The van der Waals surface area contributed by atoms with E-state index >= 15 is 0 Å². The van der Waals surface area contributed by atoms with Crippen LogP contribution in [0.15, 0.2) is 46.9 Å². The van der Waals surface area contributed by atoms with E-state index < -0.39 is 0 Å². The third-order valence-corrected chi connectivity index (χ3v) is 3.02. The number of hydrogen-bond donors (Lipinski definition) is 0. The van der Waals surface area contributed by atoms with E-state index in [4.69, 9.17) is 16.3 Å². The number of halogens is 2. The number of pyridine rings is 1. The zero-order chi connectivity index (χ0) is 12.1. The molecule has 0 N–H and O–H groups in total. The highest BCUT2D eigenvalue weighted by molar-refractivity contribution is 9.10. The van der Waals surface area contributed by atoms with Crippen molar-refractivity contribution < 1.29 is 4.74 Å². The van der Waals surface area contributed by atoms with Crippen molar-refractivity contribution in [2.75, 3.05) is 0 Å². The fourth-order valence-electron chi connectivity index (χ4n) is 1.35. The zero-order valence-corrected chi connectivity index (χ0v) is 11.4. The fraction of sp³-hybridized carbons (Fsp3) is 0.154. The highest BCUT2D eigenvalue weighted by Gasteiger charge is 1.99. The molecular weight excluding hydrogens is 302 g/mol. The molecule has 4 heteroatoms. The molecule has 2 rings (SSSR count). The van der Waals surface area contributed by atoms with Crippen LogP contribution in [0.2, 0.25) is 0 Å². The van der Waals surface area contributed by atoms with Gasteiger partial charge in [0.2, 0.25) is 5.88 Å². The predicted molar refractivity (Wildman–Crippen MR) is 72.3 cm³/mol. The first-order valence-electron chi connectivity index (χ1n) is 5.17. The maximum atomic E-state index is 5.71. The Morgan fingerprint density at radius 3 is 2.59 bits per heavy atom. The van der Waals surface area contributed by atoms with Gasteiger partial charge < -0.3 is 4.74 Å². The highest BCUT2D eigenvalue weighted by Crippen LogP contribution is 2.14. The number of ether oxygens (including phenoxy) is 1. The first-order chi connectivity index (χ1) is 8.28. The summed E-state index contributed by atoms with van der Waals surface area (Å²) in [4.78, 5) is 4.26. The van der Waals surface area contributed by atoms with Gasteiger partial charge in [0.05, 0.1) is 11.6 Å². The van der Waals surface area contributed by atoms with E-state index in [2.05, 4.69) is 20.9 Å². The molecule has 1 aromatic carbocycles. The van der Waals surface area contributed by atoms with Crippen molar-refractivity contribution in [2.45, 2.75) is 12.5 Å². The summed E-state index contributed by atoms with van der Waals surface area (Å²) in [6.07, 6.45) is 0. The Balaban J connectivity index is 1.99. The molecule has 17 heavy (non-hydrogen) atoms. The Morgan fingerprint density at radius 1 is 1.12 bits per heavy atom. The molecule has 2 aromatic rings. The van der Waals surface area contributed by atoms with Gasteiger partial charge in [-0.25, -0.2) is 4.98 Å². The van der Waals surface area contributed by atoms with Crippen LogP contribution in [0, 0.1) is 0 Å². The maximum Gasteiger partial charge on any atom is 0.213 e. The summed E-state index contributed by atoms with van der Waals surface area (Å²) in [5, 5.41) is 0. The Kier molecular flexibility index (Phi) is 4.40. The Labute approximate surface area is 114 Å². The molecule has 0 atom stereocenters. The molecule has 0 fully saturated rings. The van der Waals surface area contributed by atoms with Crippen LogP contribution in [0.4, 0.5) is 0 Å². The van der Waals surface area contributed by atoms with Gasteiger partial charge in [0.25, 0.3) is 0 Å². The van der Waals surface area contributed by atoms with Crippen LogP contribution in [-0.4, -0.2) is 4.98 Å². The summed E-state index contributed by atoms with van der Waals surface area (Å²) in [6.45, 7) is 0.506. The standard InChI is InChI=1S/C13H11BrClNO/c14-11-6-4-10(5-7-11)9-17-13-3-1-2-12(8-15)16-13/h1-7H,8-9H2.